The topological polar surface area (TPSA) is 126 Å². The number of carboxylic acid groups (broad SMARTS) is 2. The summed E-state index contributed by atoms with van der Waals surface area (Å²) in [6, 6.07) is 0. The van der Waals surface area contributed by atoms with Gasteiger partial charge in [0, 0.05) is 0 Å². The van der Waals surface area contributed by atoms with Crippen molar-refractivity contribution >= 4 is 17.5 Å². The molecular weight excluding hydrogens is 232 g/mol. The van der Waals surface area contributed by atoms with E-state index in [0.717, 1.165) is 0 Å². The minimum absolute atomic E-state index is 0. The Kier molecular flexibility index (Phi) is 88.1. The zero-order chi connectivity index (χ0) is 7.15. The molecule has 0 rings (SSSR count). The molecule has 0 aliphatic rings. The average Bonchev–Trinajstić information content (AvgIpc) is 1.25. The van der Waals surface area contributed by atoms with E-state index < -0.39 is 17.5 Å². The number of carbonyl (C=O) groups is 1. The predicted octanol–water partition coefficient (Wildman–Crippen LogP) is -15.4. The molecule has 11 heteroatoms. The molecule has 0 heterocycles. The van der Waals surface area contributed by atoms with Crippen molar-refractivity contribution in [3.8, 4) is 0 Å². The minimum Gasteiger partial charge on any atom is -0.784 e. The summed E-state index contributed by atoms with van der Waals surface area (Å²) in [5.41, 5.74) is 0. The van der Waals surface area contributed by atoms with Crippen molar-refractivity contribution in [2.45, 2.75) is 0 Å². The average molecular weight is 232 g/mol. The Balaban J connectivity index is -0.0000000112. The van der Waals surface area contributed by atoms with Gasteiger partial charge in [0.05, 0.1) is 0 Å². The van der Waals surface area contributed by atoms with Crippen LogP contribution in [-0.2, 0) is 11.4 Å². The Morgan fingerprint density at radius 2 is 0.917 bits per heavy atom. The molecule has 0 aliphatic carbocycles. The fraction of sp³-hybridized carbons (Fsp3) is 0. The van der Waals surface area contributed by atoms with Gasteiger partial charge in [0.2, 0.25) is 0 Å². The summed E-state index contributed by atoms with van der Waals surface area (Å²) in [5.74, 6) is 0. The molecule has 0 aliphatic heterocycles. The Bertz CT molecular complexity index is 77.5. The van der Waals surface area contributed by atoms with Gasteiger partial charge < -0.3 is 24.1 Å². The van der Waals surface area contributed by atoms with Crippen LogP contribution in [0.1, 0.15) is 0 Å². The zero-order valence-electron chi connectivity index (χ0n) is 7.36. The van der Waals surface area contributed by atoms with Gasteiger partial charge in [-0.05, 0) is 6.16 Å². The molecule has 0 bridgehead atoms. The van der Waals surface area contributed by atoms with Crippen LogP contribution in [-0.4, -0.2) is 19.5 Å². The van der Waals surface area contributed by atoms with Crippen LogP contribution in [0, 0.1) is 0 Å². The maximum absolute atomic E-state index is 8.44. The van der Waals surface area contributed by atoms with Crippen molar-refractivity contribution < 1.29 is 147 Å². The van der Waals surface area contributed by atoms with E-state index in [9.17, 15) is 0 Å². The second-order valence-corrected chi connectivity index (χ2v) is 0.862. The first-order valence-corrected chi connectivity index (χ1v) is 2.11. The second-order valence-electron chi connectivity index (χ2n) is 0.454. The molecule has 0 amide bonds. The largest absolute Gasteiger partial charge is 1.00 e. The molecule has 6 nitrogen and oxygen atoms in total. The zero-order valence-corrected chi connectivity index (χ0v) is 16.2. The van der Waals surface area contributed by atoms with Gasteiger partial charge in [0.15, 0.2) is 0 Å². The van der Waals surface area contributed by atoms with Crippen LogP contribution in [0.15, 0.2) is 0 Å². The summed E-state index contributed by atoms with van der Waals surface area (Å²) in [4.78, 5) is 8.33. The summed E-state index contributed by atoms with van der Waals surface area (Å²) in [6.07, 6.45) is -2.33. The van der Waals surface area contributed by atoms with Gasteiger partial charge in [0.25, 0.3) is 0 Å². The summed E-state index contributed by atoms with van der Waals surface area (Å²) in [6.45, 7) is 0. The van der Waals surface area contributed by atoms with E-state index in [-0.39, 0.29) is 118 Å². The van der Waals surface area contributed by atoms with Crippen LogP contribution in [0.5, 0.6) is 0 Å². The first-order valence-electron chi connectivity index (χ1n) is 1.11. The van der Waals surface area contributed by atoms with Crippen molar-refractivity contribution in [1.82, 2.24) is 0 Å². The third kappa shape index (κ3) is 182. The standard InChI is InChI=1S/CH2O3.4Na.H2O3S/c2-1(3)4;;;;;1-4(2)3/h(H2,2,3,4);;;;;(H2,1,2,3)/q;4*+1;/p-4. The van der Waals surface area contributed by atoms with Gasteiger partial charge in [-0.25, -0.2) is 0 Å². The van der Waals surface area contributed by atoms with E-state index in [1.54, 1.807) is 0 Å². The SMILES string of the molecule is O=C([O-])[O-].O=S([O-])[O-].[Na+].[Na+].[Na+].[Na+]. The molecule has 0 fully saturated rings. The normalized spacial score (nSPS) is 4.92. The molecule has 0 aromatic carbocycles. The van der Waals surface area contributed by atoms with Gasteiger partial charge in [-0.2, -0.15) is 0 Å². The van der Waals surface area contributed by atoms with Gasteiger partial charge in [0.1, 0.15) is 0 Å². The smallest absolute Gasteiger partial charge is 0.784 e. The van der Waals surface area contributed by atoms with Crippen LogP contribution in [0.3, 0.4) is 0 Å². The monoisotopic (exact) mass is 232 g/mol. The van der Waals surface area contributed by atoms with E-state index in [1.807, 2.05) is 0 Å². The molecule has 0 saturated heterocycles. The summed E-state index contributed by atoms with van der Waals surface area (Å²) in [7, 11) is 0. The van der Waals surface area contributed by atoms with E-state index in [1.165, 1.54) is 0 Å². The van der Waals surface area contributed by atoms with Crippen LogP contribution in [0.2, 0.25) is 0 Å². The van der Waals surface area contributed by atoms with Crippen molar-refractivity contribution in [2.24, 2.45) is 0 Å². The molecular formula is CNa4O6S. The fourth-order valence-electron chi connectivity index (χ4n) is 0. The number of carbonyl (C=O) groups excluding carboxylic acids is 1. The van der Waals surface area contributed by atoms with Gasteiger partial charge in [-0.15, -0.1) is 11.4 Å². The molecule has 0 radical (unpaired) electrons. The Morgan fingerprint density at radius 1 is 0.917 bits per heavy atom. The van der Waals surface area contributed by atoms with Gasteiger partial charge in [-0.1, -0.05) is 0 Å². The van der Waals surface area contributed by atoms with E-state index >= 15 is 0 Å². The Labute approximate surface area is 161 Å². The second kappa shape index (κ2) is 29.3. The van der Waals surface area contributed by atoms with Crippen molar-refractivity contribution in [3.05, 3.63) is 0 Å². The number of hydrogen-bond donors (Lipinski definition) is 0. The van der Waals surface area contributed by atoms with Crippen molar-refractivity contribution in [3.63, 3.8) is 0 Å². The third-order valence-corrected chi connectivity index (χ3v) is 0. The quantitative estimate of drug-likeness (QED) is 0.301. The molecule has 0 atom stereocenters. The van der Waals surface area contributed by atoms with Crippen LogP contribution in [0.25, 0.3) is 0 Å². The molecule has 0 aromatic heterocycles. The van der Waals surface area contributed by atoms with E-state index in [2.05, 4.69) is 0 Å². The molecule has 0 saturated carbocycles. The summed E-state index contributed by atoms with van der Waals surface area (Å²) < 4.78 is 25.3. The number of hydrogen-bond acceptors (Lipinski definition) is 6. The Hall–Kier alpha value is 3.34. The van der Waals surface area contributed by atoms with E-state index in [4.69, 9.17) is 28.3 Å². The molecule has 0 N–H and O–H groups in total. The first-order chi connectivity index (χ1) is 3.46. The molecule has 0 aromatic rings. The van der Waals surface area contributed by atoms with Crippen molar-refractivity contribution in [1.29, 1.82) is 0 Å². The maximum atomic E-state index is 8.44. The molecule has 12 heavy (non-hydrogen) atoms. The molecule has 0 unspecified atom stereocenters. The summed E-state index contributed by atoms with van der Waals surface area (Å²) >= 11 is -3.11. The Morgan fingerprint density at radius 3 is 0.917 bits per heavy atom. The predicted molar refractivity (Wildman–Crippen MR) is 15.1 cm³/mol. The van der Waals surface area contributed by atoms with Crippen LogP contribution >= 0.6 is 0 Å². The summed E-state index contributed by atoms with van der Waals surface area (Å²) in [5, 5.41) is 16.7. The van der Waals surface area contributed by atoms with Crippen LogP contribution in [0.4, 0.5) is 4.79 Å². The maximum Gasteiger partial charge on any atom is 1.00 e. The minimum atomic E-state index is -3.11. The number of rotatable bonds is 0. The van der Waals surface area contributed by atoms with Gasteiger partial charge in [-0.3, -0.25) is 4.21 Å². The van der Waals surface area contributed by atoms with Gasteiger partial charge >= 0.3 is 118 Å². The first kappa shape index (κ1) is 36.2. The van der Waals surface area contributed by atoms with E-state index in [0.29, 0.717) is 0 Å². The van der Waals surface area contributed by atoms with Crippen LogP contribution < -0.4 is 128 Å². The third-order valence-electron chi connectivity index (χ3n) is 0. The van der Waals surface area contributed by atoms with Crippen molar-refractivity contribution in [2.75, 3.05) is 0 Å². The fourth-order valence-corrected chi connectivity index (χ4v) is 0. The molecule has 50 valence electrons. The molecule has 0 spiro atoms.